The van der Waals surface area contributed by atoms with Crippen LogP contribution in [0.5, 0.6) is 0 Å². The minimum atomic E-state index is -1.70. The van der Waals surface area contributed by atoms with Crippen molar-refractivity contribution in [3.63, 3.8) is 0 Å². The molecule has 0 aliphatic carbocycles. The molecule has 1 aliphatic heterocycles. The van der Waals surface area contributed by atoms with Crippen molar-refractivity contribution in [2.24, 2.45) is 22.2 Å². The molecule has 0 aromatic carbocycles. The smallest absolute Gasteiger partial charge is 0.326 e. The number of hydrogen-bond acceptors (Lipinski definition) is 10. The maximum absolute atomic E-state index is 13.4. The van der Waals surface area contributed by atoms with Crippen LogP contribution >= 0.6 is 0 Å². The Balaban J connectivity index is 2.19. The third-order valence-electron chi connectivity index (χ3n) is 6.40. The van der Waals surface area contributed by atoms with E-state index in [1.54, 1.807) is 0 Å². The van der Waals surface area contributed by atoms with Gasteiger partial charge in [-0.05, 0) is 32.2 Å². The number of aliphatic imine (C=N–C) groups is 1. The lowest BCUT2D eigenvalue weighted by Crippen LogP contribution is -2.59. The molecule has 1 aliphatic rings. The zero-order valence-electron chi connectivity index (χ0n) is 23.4. The van der Waals surface area contributed by atoms with Crippen LogP contribution in [0.1, 0.15) is 37.8 Å². The van der Waals surface area contributed by atoms with Gasteiger partial charge >= 0.3 is 5.97 Å². The minimum absolute atomic E-state index is 0.0186. The number of aliphatic carboxylic acids is 1. The van der Waals surface area contributed by atoms with Crippen LogP contribution in [0.25, 0.3) is 0 Å². The maximum atomic E-state index is 13.4. The number of carbonyl (C=O) groups is 6. The lowest BCUT2D eigenvalue weighted by Gasteiger charge is -2.25. The first-order valence-corrected chi connectivity index (χ1v) is 13.5. The summed E-state index contributed by atoms with van der Waals surface area (Å²) in [6.07, 6.45) is 3.74. The van der Waals surface area contributed by atoms with Gasteiger partial charge in [0.05, 0.1) is 25.4 Å². The zero-order valence-corrected chi connectivity index (χ0v) is 23.4. The van der Waals surface area contributed by atoms with Crippen molar-refractivity contribution in [1.82, 2.24) is 36.6 Å². The molecule has 1 fully saturated rings. The molecule has 19 nitrogen and oxygen atoms in total. The van der Waals surface area contributed by atoms with Crippen molar-refractivity contribution in [2.45, 2.75) is 68.7 Å². The van der Waals surface area contributed by atoms with E-state index in [1.807, 2.05) is 5.32 Å². The molecule has 0 spiro atoms. The largest absolute Gasteiger partial charge is 0.480 e. The number of nitrogens with zero attached hydrogens (tertiary/aromatic N) is 2. The highest BCUT2D eigenvalue weighted by molar-refractivity contribution is 5.96. The Bertz CT molecular complexity index is 1150. The molecule has 1 saturated heterocycles. The van der Waals surface area contributed by atoms with Crippen LogP contribution in [0.4, 0.5) is 0 Å². The topological polar surface area (TPSA) is 322 Å². The van der Waals surface area contributed by atoms with Gasteiger partial charge in [0.15, 0.2) is 5.96 Å². The lowest BCUT2D eigenvalue weighted by atomic mass is 10.1. The first kappa shape index (κ1) is 34.4. The maximum Gasteiger partial charge on any atom is 0.326 e. The number of H-pyrrole nitrogens is 1. The van der Waals surface area contributed by atoms with Gasteiger partial charge in [-0.15, -0.1) is 0 Å². The number of carboxylic acid groups (broad SMARTS) is 1. The van der Waals surface area contributed by atoms with Gasteiger partial charge in [0, 0.05) is 24.9 Å². The summed E-state index contributed by atoms with van der Waals surface area (Å²) in [5, 5.41) is 31.6. The number of nitrogens with two attached hydrogens (primary N) is 3. The first-order valence-electron chi connectivity index (χ1n) is 13.5. The summed E-state index contributed by atoms with van der Waals surface area (Å²) >= 11 is 0. The summed E-state index contributed by atoms with van der Waals surface area (Å²) in [6, 6.07) is -6.25. The number of rotatable bonds is 18. The normalized spacial score (nSPS) is 17.0. The van der Waals surface area contributed by atoms with E-state index < -0.39 is 78.7 Å². The predicted molar refractivity (Wildman–Crippen MR) is 149 cm³/mol. The van der Waals surface area contributed by atoms with Gasteiger partial charge in [-0.1, -0.05) is 0 Å². The third-order valence-corrected chi connectivity index (χ3v) is 6.40. The fourth-order valence-electron chi connectivity index (χ4n) is 4.19. The summed E-state index contributed by atoms with van der Waals surface area (Å²) in [7, 11) is 0. The number of aliphatic hydroxyl groups excluding tert-OH is 1. The molecule has 238 valence electrons. The van der Waals surface area contributed by atoms with Gasteiger partial charge in [0.1, 0.15) is 24.2 Å². The molecule has 1 aromatic rings. The Morgan fingerprint density at radius 2 is 1.63 bits per heavy atom. The van der Waals surface area contributed by atoms with Crippen LogP contribution in [-0.4, -0.2) is 112 Å². The summed E-state index contributed by atoms with van der Waals surface area (Å²) < 4.78 is 0. The third kappa shape index (κ3) is 11.9. The molecule has 2 rings (SSSR count). The number of imidazole rings is 1. The van der Waals surface area contributed by atoms with Crippen molar-refractivity contribution < 1.29 is 39.0 Å². The highest BCUT2D eigenvalue weighted by Crippen LogP contribution is 2.08. The minimum Gasteiger partial charge on any atom is -0.480 e. The van der Waals surface area contributed by atoms with E-state index in [0.717, 1.165) is 6.42 Å². The average molecular weight is 610 g/mol. The number of carboxylic acids is 1. The van der Waals surface area contributed by atoms with Gasteiger partial charge < -0.3 is 59.0 Å². The Kier molecular flexibility index (Phi) is 13.8. The quantitative estimate of drug-likeness (QED) is 0.0422. The van der Waals surface area contributed by atoms with Crippen molar-refractivity contribution in [1.29, 1.82) is 0 Å². The second kappa shape index (κ2) is 17.2. The highest BCUT2D eigenvalue weighted by atomic mass is 16.4. The van der Waals surface area contributed by atoms with Crippen molar-refractivity contribution in [3.05, 3.63) is 18.2 Å². The predicted octanol–water partition coefficient (Wildman–Crippen LogP) is -5.35. The standard InChI is InChI=1S/C24H39N11O8/c25-18(37)8-16(23(42)43)34-22(41)17(10-36)35-20(39)14(4-2-6-30-24(26)27)32-21(40)15(7-12-9-28-11-31-12)33-19(38)13-3-1-5-29-13/h9,11,13-17,29,36H,1-8,10H2,(H2,25,37)(H,28,31)(H,32,40)(H,33,38)(H,34,41)(H,35,39)(H,42,43)(H4,26,27,30). The molecule has 19 heteroatoms. The average Bonchev–Trinajstić information content (AvgIpc) is 3.66. The number of amides is 5. The lowest BCUT2D eigenvalue weighted by molar-refractivity contribution is -0.144. The van der Waals surface area contributed by atoms with Crippen LogP contribution in [0.2, 0.25) is 0 Å². The van der Waals surface area contributed by atoms with Gasteiger partial charge in [-0.3, -0.25) is 29.0 Å². The number of primary amides is 1. The Hall–Kier alpha value is -4.78. The molecule has 43 heavy (non-hydrogen) atoms. The van der Waals surface area contributed by atoms with E-state index in [0.29, 0.717) is 18.7 Å². The number of carbonyl (C=O) groups excluding carboxylic acids is 5. The molecular formula is C24H39N11O8. The highest BCUT2D eigenvalue weighted by Gasteiger charge is 2.33. The summed E-state index contributed by atoms with van der Waals surface area (Å²) in [4.78, 5) is 85.2. The van der Waals surface area contributed by atoms with Gasteiger partial charge in [0.25, 0.3) is 0 Å². The summed E-state index contributed by atoms with van der Waals surface area (Å²) in [6.45, 7) is -0.189. The monoisotopic (exact) mass is 609 g/mol. The molecule has 5 unspecified atom stereocenters. The first-order chi connectivity index (χ1) is 20.4. The number of nitrogens with one attached hydrogen (secondary N) is 6. The molecule has 0 saturated carbocycles. The fourth-order valence-corrected chi connectivity index (χ4v) is 4.19. The molecule has 0 bridgehead atoms. The van der Waals surface area contributed by atoms with E-state index in [9.17, 15) is 39.0 Å². The van der Waals surface area contributed by atoms with Crippen molar-refractivity contribution in [3.8, 4) is 0 Å². The fraction of sp³-hybridized carbons (Fsp3) is 0.583. The SMILES string of the molecule is NC(=O)CC(NC(=O)C(CO)NC(=O)C(CCCN=C(N)N)NC(=O)C(Cc1cnc[nH]1)NC(=O)C1CCCN1)C(=O)O. The zero-order chi connectivity index (χ0) is 31.9. The molecule has 1 aromatic heterocycles. The molecule has 5 amide bonds. The summed E-state index contributed by atoms with van der Waals surface area (Å²) in [5.74, 6) is -5.87. The molecule has 14 N–H and O–H groups in total. The number of aromatic nitrogens is 2. The van der Waals surface area contributed by atoms with Crippen LogP contribution in [0, 0.1) is 0 Å². The number of aromatic amines is 1. The van der Waals surface area contributed by atoms with Crippen LogP contribution in [0.15, 0.2) is 17.5 Å². The molecule has 0 radical (unpaired) electrons. The van der Waals surface area contributed by atoms with E-state index in [2.05, 4.69) is 36.2 Å². The summed E-state index contributed by atoms with van der Waals surface area (Å²) in [5.41, 5.74) is 16.2. The van der Waals surface area contributed by atoms with E-state index in [-0.39, 0.29) is 31.8 Å². The Labute approximate surface area is 246 Å². The van der Waals surface area contributed by atoms with E-state index in [4.69, 9.17) is 17.2 Å². The van der Waals surface area contributed by atoms with Crippen molar-refractivity contribution >= 4 is 41.5 Å². The Morgan fingerprint density at radius 1 is 0.977 bits per heavy atom. The number of hydrogen-bond donors (Lipinski definition) is 11. The van der Waals surface area contributed by atoms with Gasteiger partial charge in [-0.25, -0.2) is 9.78 Å². The van der Waals surface area contributed by atoms with Crippen LogP contribution < -0.4 is 43.8 Å². The molecule has 2 heterocycles. The molecule has 5 atom stereocenters. The second-order valence-corrected chi connectivity index (χ2v) is 9.81. The Morgan fingerprint density at radius 3 is 2.19 bits per heavy atom. The molecular weight excluding hydrogens is 570 g/mol. The second-order valence-electron chi connectivity index (χ2n) is 9.81. The van der Waals surface area contributed by atoms with E-state index in [1.165, 1.54) is 12.5 Å². The van der Waals surface area contributed by atoms with E-state index >= 15 is 0 Å². The van der Waals surface area contributed by atoms with Crippen LogP contribution in [0.3, 0.4) is 0 Å². The number of guanidine groups is 1. The number of aliphatic hydroxyl groups is 1. The van der Waals surface area contributed by atoms with Gasteiger partial charge in [-0.2, -0.15) is 0 Å². The van der Waals surface area contributed by atoms with Crippen molar-refractivity contribution in [2.75, 3.05) is 19.7 Å². The van der Waals surface area contributed by atoms with Crippen LogP contribution in [-0.2, 0) is 35.2 Å². The van der Waals surface area contributed by atoms with Gasteiger partial charge in [0.2, 0.25) is 29.5 Å².